The Labute approximate surface area is 184 Å². The van der Waals surface area contributed by atoms with E-state index in [9.17, 15) is 14.0 Å². The van der Waals surface area contributed by atoms with E-state index in [1.807, 2.05) is 18.2 Å². The summed E-state index contributed by atoms with van der Waals surface area (Å²) in [4.78, 5) is 29.5. The van der Waals surface area contributed by atoms with Crippen LogP contribution in [-0.4, -0.2) is 27.7 Å². The van der Waals surface area contributed by atoms with Crippen molar-refractivity contribution in [2.45, 2.75) is 12.8 Å². The molecule has 0 atom stereocenters. The first-order chi connectivity index (χ1) is 15.6. The number of pyridine rings is 1. The minimum Gasteiger partial charge on any atom is -0.352 e. The maximum atomic E-state index is 14.4. The lowest BCUT2D eigenvalue weighted by Crippen LogP contribution is -2.29. The molecular weight excluding hydrogens is 407 g/mol. The zero-order chi connectivity index (χ0) is 22.1. The van der Waals surface area contributed by atoms with Gasteiger partial charge in [-0.15, -0.1) is 0 Å². The predicted molar refractivity (Wildman–Crippen MR) is 119 cm³/mol. The van der Waals surface area contributed by atoms with Crippen molar-refractivity contribution in [3.8, 4) is 0 Å². The summed E-state index contributed by atoms with van der Waals surface area (Å²) < 4.78 is 16.0. The molecule has 32 heavy (non-hydrogen) atoms. The number of nitrogens with zero attached hydrogens (tertiary/aromatic N) is 2. The Morgan fingerprint density at radius 1 is 1.00 bits per heavy atom. The van der Waals surface area contributed by atoms with Crippen LogP contribution in [0.5, 0.6) is 0 Å². The molecule has 2 heterocycles. The molecule has 0 bridgehead atoms. The summed E-state index contributed by atoms with van der Waals surface area (Å²) in [6.45, 7) is 0.536. The van der Waals surface area contributed by atoms with Gasteiger partial charge in [0.1, 0.15) is 17.2 Å². The summed E-state index contributed by atoms with van der Waals surface area (Å²) in [6, 6.07) is 17.6. The standard InChI is InChI=1S/C25H21FN4O2/c26-20-9-8-19(24(31)28-14-16-11-17-5-1-2-6-18(17)12-16)13-21(20)29-25(32)22-15-27-23-7-3-4-10-30(22)23/h1-10,13,15-16H,11-12,14H2,(H,28,31)(H,29,32). The molecule has 2 amide bonds. The number of nitrogens with one attached hydrogen (secondary N) is 2. The van der Waals surface area contributed by atoms with Crippen molar-refractivity contribution in [3.63, 3.8) is 0 Å². The molecule has 6 nitrogen and oxygen atoms in total. The number of benzene rings is 2. The molecule has 1 aliphatic carbocycles. The summed E-state index contributed by atoms with van der Waals surface area (Å²) in [5.74, 6) is -1.09. The summed E-state index contributed by atoms with van der Waals surface area (Å²) in [5, 5.41) is 5.49. The third kappa shape index (κ3) is 3.85. The molecule has 1 aliphatic rings. The topological polar surface area (TPSA) is 75.5 Å². The fourth-order valence-corrected chi connectivity index (χ4v) is 4.18. The molecule has 2 N–H and O–H groups in total. The Bertz CT molecular complexity index is 1310. The van der Waals surface area contributed by atoms with Gasteiger partial charge in [0.25, 0.3) is 11.8 Å². The van der Waals surface area contributed by atoms with Gasteiger partial charge in [-0.05, 0) is 60.2 Å². The molecule has 160 valence electrons. The summed E-state index contributed by atoms with van der Waals surface area (Å²) in [5.41, 5.74) is 3.77. The van der Waals surface area contributed by atoms with Crippen molar-refractivity contribution >= 4 is 23.1 Å². The average molecular weight is 428 g/mol. The fraction of sp³-hybridized carbons (Fsp3) is 0.160. The molecule has 7 heteroatoms. The van der Waals surface area contributed by atoms with Crippen LogP contribution in [0.4, 0.5) is 10.1 Å². The van der Waals surface area contributed by atoms with Crippen LogP contribution in [0.2, 0.25) is 0 Å². The number of carbonyl (C=O) groups is 2. The normalized spacial score (nSPS) is 13.2. The Morgan fingerprint density at radius 2 is 1.75 bits per heavy atom. The molecule has 4 aromatic rings. The minimum atomic E-state index is -0.616. The molecule has 0 saturated heterocycles. The summed E-state index contributed by atoms with van der Waals surface area (Å²) >= 11 is 0. The van der Waals surface area contributed by atoms with Crippen LogP contribution in [0.25, 0.3) is 5.65 Å². The van der Waals surface area contributed by atoms with E-state index < -0.39 is 11.7 Å². The van der Waals surface area contributed by atoms with E-state index in [1.54, 1.807) is 22.7 Å². The number of anilines is 1. The number of halogens is 1. The van der Waals surface area contributed by atoms with Crippen LogP contribution >= 0.6 is 0 Å². The highest BCUT2D eigenvalue weighted by molar-refractivity contribution is 6.04. The van der Waals surface area contributed by atoms with Crippen LogP contribution in [0, 0.1) is 11.7 Å². The fourth-order valence-electron chi connectivity index (χ4n) is 4.18. The van der Waals surface area contributed by atoms with Gasteiger partial charge < -0.3 is 10.6 Å². The zero-order valence-electron chi connectivity index (χ0n) is 17.2. The first-order valence-corrected chi connectivity index (χ1v) is 10.5. The van der Waals surface area contributed by atoms with E-state index in [0.29, 0.717) is 18.1 Å². The molecule has 5 rings (SSSR count). The van der Waals surface area contributed by atoms with Crippen LogP contribution < -0.4 is 10.6 Å². The van der Waals surface area contributed by atoms with E-state index in [4.69, 9.17) is 0 Å². The molecule has 0 spiro atoms. The third-order valence-electron chi connectivity index (χ3n) is 5.81. The molecular formula is C25H21FN4O2. The Morgan fingerprint density at radius 3 is 2.53 bits per heavy atom. The van der Waals surface area contributed by atoms with Gasteiger partial charge in [-0.3, -0.25) is 14.0 Å². The number of imidazole rings is 1. The molecule has 0 saturated carbocycles. The van der Waals surface area contributed by atoms with Gasteiger partial charge in [0.15, 0.2) is 0 Å². The van der Waals surface area contributed by atoms with Crippen LogP contribution in [0.3, 0.4) is 0 Å². The smallest absolute Gasteiger partial charge is 0.274 e. The van der Waals surface area contributed by atoms with E-state index in [2.05, 4.69) is 27.8 Å². The van der Waals surface area contributed by atoms with Gasteiger partial charge in [0.05, 0.1) is 11.9 Å². The summed E-state index contributed by atoms with van der Waals surface area (Å²) in [7, 11) is 0. The number of carbonyl (C=O) groups excluding carboxylic acids is 2. The van der Waals surface area contributed by atoms with E-state index >= 15 is 0 Å². The van der Waals surface area contributed by atoms with Gasteiger partial charge in [-0.2, -0.15) is 0 Å². The maximum Gasteiger partial charge on any atom is 0.274 e. The molecule has 0 unspecified atom stereocenters. The van der Waals surface area contributed by atoms with Gasteiger partial charge in [-0.1, -0.05) is 30.3 Å². The van der Waals surface area contributed by atoms with Crippen molar-refractivity contribution in [2.75, 3.05) is 11.9 Å². The second kappa shape index (κ2) is 8.26. The quantitative estimate of drug-likeness (QED) is 0.507. The highest BCUT2D eigenvalue weighted by Crippen LogP contribution is 2.26. The monoisotopic (exact) mass is 428 g/mol. The van der Waals surface area contributed by atoms with Crippen molar-refractivity contribution in [1.29, 1.82) is 0 Å². The van der Waals surface area contributed by atoms with Gasteiger partial charge in [0, 0.05) is 18.3 Å². The van der Waals surface area contributed by atoms with Gasteiger partial charge in [0.2, 0.25) is 0 Å². The Hall–Kier alpha value is -4.00. The number of hydrogen-bond donors (Lipinski definition) is 2. The number of rotatable bonds is 5. The summed E-state index contributed by atoms with van der Waals surface area (Å²) in [6.07, 6.45) is 5.00. The van der Waals surface area contributed by atoms with Crippen LogP contribution in [0.1, 0.15) is 32.0 Å². The van der Waals surface area contributed by atoms with Gasteiger partial charge >= 0.3 is 0 Å². The molecule has 2 aromatic carbocycles. The lowest BCUT2D eigenvalue weighted by atomic mass is 10.1. The van der Waals surface area contributed by atoms with Crippen molar-refractivity contribution in [1.82, 2.24) is 14.7 Å². The first kappa shape index (κ1) is 19.9. The number of aromatic nitrogens is 2. The SMILES string of the molecule is O=C(NCC1Cc2ccccc2C1)c1ccc(F)c(NC(=O)c2cnc3ccccn23)c1. The highest BCUT2D eigenvalue weighted by atomic mass is 19.1. The average Bonchev–Trinajstić information content (AvgIpc) is 3.42. The van der Waals surface area contributed by atoms with Crippen molar-refractivity contribution in [2.24, 2.45) is 5.92 Å². The molecule has 0 fully saturated rings. The van der Waals surface area contributed by atoms with E-state index in [1.165, 1.54) is 35.5 Å². The lowest BCUT2D eigenvalue weighted by molar-refractivity contribution is 0.0946. The van der Waals surface area contributed by atoms with Crippen LogP contribution in [0.15, 0.2) is 73.1 Å². The Balaban J connectivity index is 1.26. The zero-order valence-corrected chi connectivity index (χ0v) is 17.2. The number of hydrogen-bond acceptors (Lipinski definition) is 3. The second-order valence-corrected chi connectivity index (χ2v) is 7.97. The minimum absolute atomic E-state index is 0.0539. The Kier molecular flexibility index (Phi) is 5.15. The van der Waals surface area contributed by atoms with Crippen LogP contribution in [-0.2, 0) is 12.8 Å². The van der Waals surface area contributed by atoms with Crippen molar-refractivity contribution in [3.05, 3.63) is 101 Å². The number of amides is 2. The largest absolute Gasteiger partial charge is 0.352 e. The predicted octanol–water partition coefficient (Wildman–Crippen LogP) is 3.87. The third-order valence-corrected chi connectivity index (χ3v) is 5.81. The van der Waals surface area contributed by atoms with E-state index in [-0.39, 0.29) is 22.9 Å². The van der Waals surface area contributed by atoms with E-state index in [0.717, 1.165) is 12.8 Å². The second-order valence-electron chi connectivity index (χ2n) is 7.97. The van der Waals surface area contributed by atoms with Gasteiger partial charge in [-0.25, -0.2) is 9.37 Å². The molecule has 0 radical (unpaired) electrons. The molecule has 2 aromatic heterocycles. The maximum absolute atomic E-state index is 14.4. The lowest BCUT2D eigenvalue weighted by Gasteiger charge is -2.12. The number of fused-ring (bicyclic) bond motifs is 2. The molecule has 0 aliphatic heterocycles. The first-order valence-electron chi connectivity index (χ1n) is 10.5. The van der Waals surface area contributed by atoms with Crippen molar-refractivity contribution < 1.29 is 14.0 Å². The highest BCUT2D eigenvalue weighted by Gasteiger charge is 2.22.